The number of carbonyl (C=O) groups is 2. The van der Waals surface area contributed by atoms with E-state index in [0.29, 0.717) is 5.69 Å². The van der Waals surface area contributed by atoms with Crippen LogP contribution in [0.15, 0.2) is 18.2 Å². The summed E-state index contributed by atoms with van der Waals surface area (Å²) < 4.78 is 17.9. The second-order valence-electron chi connectivity index (χ2n) is 3.75. The van der Waals surface area contributed by atoms with Crippen molar-refractivity contribution in [3.05, 3.63) is 24.0 Å². The normalized spacial score (nSPS) is 11.5. The smallest absolute Gasteiger partial charge is 0.326 e. The number of carboxylic acid groups (broad SMARTS) is 1. The molecule has 0 fully saturated rings. The highest BCUT2D eigenvalue weighted by molar-refractivity contribution is 5.92. The summed E-state index contributed by atoms with van der Waals surface area (Å²) >= 11 is 0. The number of methoxy groups -OCH3 is 1. The van der Waals surface area contributed by atoms with Gasteiger partial charge in [0.1, 0.15) is 6.04 Å². The van der Waals surface area contributed by atoms with Crippen molar-refractivity contribution in [1.82, 2.24) is 5.32 Å². The van der Waals surface area contributed by atoms with Crippen LogP contribution in [-0.4, -0.2) is 30.3 Å². The second-order valence-corrected chi connectivity index (χ2v) is 3.75. The molecule has 0 saturated heterocycles. The Hall–Kier alpha value is -2.31. The van der Waals surface area contributed by atoms with Gasteiger partial charge in [-0.1, -0.05) is 6.92 Å². The first-order valence-corrected chi connectivity index (χ1v) is 5.61. The number of halogens is 1. The standard InChI is InChI=1S/C12H15FN2O4/c1-3-9(11(16)17)15-12(18)14-7-4-5-8(13)10(6-7)19-2/h4-6,9H,3H2,1-2H3,(H,16,17)(H2,14,15,18)/t9-/m0/s1. The molecule has 0 radical (unpaired) electrons. The molecule has 0 heterocycles. The molecule has 0 unspecified atom stereocenters. The molecule has 0 aromatic heterocycles. The number of hydrogen-bond acceptors (Lipinski definition) is 3. The van der Waals surface area contributed by atoms with Gasteiger partial charge in [-0.2, -0.15) is 0 Å². The quantitative estimate of drug-likeness (QED) is 0.761. The van der Waals surface area contributed by atoms with Crippen molar-refractivity contribution < 1.29 is 23.8 Å². The van der Waals surface area contributed by atoms with Crippen molar-refractivity contribution in [2.45, 2.75) is 19.4 Å². The summed E-state index contributed by atoms with van der Waals surface area (Å²) in [5, 5.41) is 13.5. The molecule has 1 aromatic carbocycles. The fourth-order valence-corrected chi connectivity index (χ4v) is 1.40. The van der Waals surface area contributed by atoms with Crippen LogP contribution in [0.3, 0.4) is 0 Å². The number of ether oxygens (including phenoxy) is 1. The van der Waals surface area contributed by atoms with Crippen LogP contribution in [0.1, 0.15) is 13.3 Å². The Morgan fingerprint density at radius 2 is 2.16 bits per heavy atom. The molecule has 0 spiro atoms. The van der Waals surface area contributed by atoms with Gasteiger partial charge in [0.15, 0.2) is 11.6 Å². The maximum absolute atomic E-state index is 13.1. The van der Waals surface area contributed by atoms with Gasteiger partial charge < -0.3 is 20.5 Å². The van der Waals surface area contributed by atoms with Crippen LogP contribution in [0.2, 0.25) is 0 Å². The van der Waals surface area contributed by atoms with E-state index in [1.807, 2.05) is 0 Å². The maximum Gasteiger partial charge on any atom is 0.326 e. The second kappa shape index (κ2) is 6.58. The number of amides is 2. The van der Waals surface area contributed by atoms with Crippen LogP contribution in [-0.2, 0) is 4.79 Å². The van der Waals surface area contributed by atoms with Crippen LogP contribution in [0, 0.1) is 5.82 Å². The van der Waals surface area contributed by atoms with Crippen LogP contribution >= 0.6 is 0 Å². The molecule has 0 aliphatic heterocycles. The zero-order valence-corrected chi connectivity index (χ0v) is 10.6. The zero-order chi connectivity index (χ0) is 14.4. The van der Waals surface area contributed by atoms with Crippen molar-refractivity contribution in [2.24, 2.45) is 0 Å². The third kappa shape index (κ3) is 4.13. The molecular formula is C12H15FN2O4. The van der Waals surface area contributed by atoms with E-state index in [4.69, 9.17) is 9.84 Å². The Labute approximate surface area is 109 Å². The predicted octanol–water partition coefficient (Wildman–Crippen LogP) is 1.82. The molecule has 19 heavy (non-hydrogen) atoms. The first kappa shape index (κ1) is 14.7. The molecule has 104 valence electrons. The summed E-state index contributed by atoms with van der Waals surface area (Å²) in [5.41, 5.74) is 0.302. The van der Waals surface area contributed by atoms with E-state index in [1.54, 1.807) is 6.92 Å². The summed E-state index contributed by atoms with van der Waals surface area (Å²) in [5.74, 6) is -1.68. The van der Waals surface area contributed by atoms with Crippen LogP contribution < -0.4 is 15.4 Å². The van der Waals surface area contributed by atoms with Gasteiger partial charge in [0.2, 0.25) is 0 Å². The van der Waals surface area contributed by atoms with Crippen LogP contribution in [0.25, 0.3) is 0 Å². The number of urea groups is 1. The van der Waals surface area contributed by atoms with Gasteiger partial charge in [-0.3, -0.25) is 0 Å². The summed E-state index contributed by atoms with van der Waals surface area (Å²) in [4.78, 5) is 22.3. The third-order valence-corrected chi connectivity index (χ3v) is 2.42. The van der Waals surface area contributed by atoms with Gasteiger partial charge in [0.05, 0.1) is 7.11 Å². The highest BCUT2D eigenvalue weighted by Gasteiger charge is 2.17. The van der Waals surface area contributed by atoms with Gasteiger partial charge in [0.25, 0.3) is 0 Å². The highest BCUT2D eigenvalue weighted by Crippen LogP contribution is 2.21. The SMILES string of the molecule is CC[C@H](NC(=O)Nc1ccc(F)c(OC)c1)C(=O)O. The monoisotopic (exact) mass is 270 g/mol. The third-order valence-electron chi connectivity index (χ3n) is 2.42. The van der Waals surface area contributed by atoms with Crippen molar-refractivity contribution >= 4 is 17.7 Å². The average Bonchev–Trinajstić information content (AvgIpc) is 2.37. The molecule has 1 rings (SSSR count). The number of carboxylic acids is 1. The Morgan fingerprint density at radius 3 is 2.68 bits per heavy atom. The Bertz CT molecular complexity index is 479. The summed E-state index contributed by atoms with van der Waals surface area (Å²) in [7, 11) is 1.31. The van der Waals surface area contributed by atoms with Crippen molar-refractivity contribution in [3.8, 4) is 5.75 Å². The molecule has 0 bridgehead atoms. The number of benzene rings is 1. The van der Waals surface area contributed by atoms with E-state index < -0.39 is 23.9 Å². The van der Waals surface area contributed by atoms with E-state index >= 15 is 0 Å². The fourth-order valence-electron chi connectivity index (χ4n) is 1.40. The Kier molecular flexibility index (Phi) is 5.11. The van der Waals surface area contributed by atoms with Gasteiger partial charge in [-0.25, -0.2) is 14.0 Å². The van der Waals surface area contributed by atoms with Gasteiger partial charge in [-0.15, -0.1) is 0 Å². The van der Waals surface area contributed by atoms with Gasteiger partial charge in [0, 0.05) is 11.8 Å². The molecule has 3 N–H and O–H groups in total. The molecule has 0 aliphatic rings. The minimum absolute atomic E-state index is 0.0110. The number of rotatable bonds is 5. The molecule has 7 heteroatoms. The Morgan fingerprint density at radius 1 is 1.47 bits per heavy atom. The molecule has 6 nitrogen and oxygen atoms in total. The number of nitrogens with one attached hydrogen (secondary N) is 2. The number of aliphatic carboxylic acids is 1. The van der Waals surface area contributed by atoms with E-state index in [0.717, 1.165) is 6.07 Å². The lowest BCUT2D eigenvalue weighted by molar-refractivity contribution is -0.139. The first-order chi connectivity index (χ1) is 8.97. The molecule has 1 aromatic rings. The van der Waals surface area contributed by atoms with Crippen molar-refractivity contribution in [1.29, 1.82) is 0 Å². The lowest BCUT2D eigenvalue weighted by atomic mass is 10.2. The fraction of sp³-hybridized carbons (Fsp3) is 0.333. The average molecular weight is 270 g/mol. The summed E-state index contributed by atoms with van der Waals surface area (Å²) in [6.07, 6.45) is 0.259. The van der Waals surface area contributed by atoms with Crippen molar-refractivity contribution in [2.75, 3.05) is 12.4 Å². The summed E-state index contributed by atoms with van der Waals surface area (Å²) in [6.45, 7) is 1.64. The number of carbonyl (C=O) groups excluding carboxylic acids is 1. The van der Waals surface area contributed by atoms with Crippen LogP contribution in [0.4, 0.5) is 14.9 Å². The van der Waals surface area contributed by atoms with E-state index in [2.05, 4.69) is 10.6 Å². The van der Waals surface area contributed by atoms with E-state index in [-0.39, 0.29) is 12.2 Å². The molecular weight excluding hydrogens is 255 g/mol. The predicted molar refractivity (Wildman–Crippen MR) is 66.8 cm³/mol. The lowest BCUT2D eigenvalue weighted by Gasteiger charge is -2.13. The zero-order valence-electron chi connectivity index (χ0n) is 10.6. The van der Waals surface area contributed by atoms with Crippen molar-refractivity contribution in [3.63, 3.8) is 0 Å². The maximum atomic E-state index is 13.1. The number of anilines is 1. The minimum atomic E-state index is -1.12. The van der Waals surface area contributed by atoms with E-state index in [9.17, 15) is 14.0 Å². The van der Waals surface area contributed by atoms with Crippen LogP contribution in [0.5, 0.6) is 5.75 Å². The lowest BCUT2D eigenvalue weighted by Crippen LogP contribution is -2.42. The molecule has 0 saturated carbocycles. The minimum Gasteiger partial charge on any atom is -0.494 e. The largest absolute Gasteiger partial charge is 0.494 e. The van der Waals surface area contributed by atoms with Gasteiger partial charge >= 0.3 is 12.0 Å². The molecule has 0 aliphatic carbocycles. The number of hydrogen-bond donors (Lipinski definition) is 3. The molecule has 2 amide bonds. The first-order valence-electron chi connectivity index (χ1n) is 5.61. The van der Waals surface area contributed by atoms with Gasteiger partial charge in [-0.05, 0) is 18.6 Å². The summed E-state index contributed by atoms with van der Waals surface area (Å²) in [6, 6.07) is 2.14. The Balaban J connectivity index is 2.69. The molecule has 1 atom stereocenters. The topological polar surface area (TPSA) is 87.7 Å². The highest BCUT2D eigenvalue weighted by atomic mass is 19.1. The van der Waals surface area contributed by atoms with E-state index in [1.165, 1.54) is 19.2 Å².